The molecule has 1 aliphatic rings. The Morgan fingerprint density at radius 3 is 2.62 bits per heavy atom. The van der Waals surface area contributed by atoms with Gasteiger partial charge in [-0.05, 0) is 11.5 Å². The topological polar surface area (TPSA) is 76.1 Å². The minimum Gasteiger partial charge on any atom is -0.389 e. The molecule has 0 saturated carbocycles. The summed E-state index contributed by atoms with van der Waals surface area (Å²) in [5, 5.41) is 11.9. The molecule has 6 nitrogen and oxygen atoms in total. The number of aliphatic hydroxyl groups is 1. The molecular weight excluding hydrogens is 330 g/mol. The van der Waals surface area contributed by atoms with Crippen molar-refractivity contribution in [1.29, 1.82) is 0 Å². The van der Waals surface area contributed by atoms with Crippen LogP contribution < -0.4 is 0 Å². The fraction of sp³-hybridized carbons (Fsp3) is 0.412. The lowest BCUT2D eigenvalue weighted by Crippen LogP contribution is -2.56. The Morgan fingerprint density at radius 1 is 1.17 bits per heavy atom. The summed E-state index contributed by atoms with van der Waals surface area (Å²) in [5.74, 6) is 0. The number of nitrogens with zero attached hydrogens (tertiary/aromatic N) is 1. The first kappa shape index (κ1) is 17.3. The molecule has 1 fully saturated rings. The van der Waals surface area contributed by atoms with Gasteiger partial charge in [0.1, 0.15) is 12.2 Å². The van der Waals surface area contributed by atoms with Crippen molar-refractivity contribution in [1.82, 2.24) is 4.31 Å². The summed E-state index contributed by atoms with van der Waals surface area (Å²) in [5.41, 5.74) is 0. The summed E-state index contributed by atoms with van der Waals surface area (Å²) in [7, 11) is -0.856. The number of aliphatic hydroxyl groups excluding tert-OH is 1. The highest BCUT2D eigenvalue weighted by Gasteiger charge is 2.40. The quantitative estimate of drug-likeness (QED) is 0.897. The van der Waals surface area contributed by atoms with Crippen LogP contribution in [0.15, 0.2) is 47.4 Å². The molecule has 7 heteroatoms. The lowest BCUT2D eigenvalue weighted by molar-refractivity contribution is -0.130. The van der Waals surface area contributed by atoms with Gasteiger partial charge in [0.25, 0.3) is 0 Å². The number of methoxy groups -OCH3 is 1. The lowest BCUT2D eigenvalue weighted by atomic mass is 10.0. The molecule has 1 aliphatic heterocycles. The molecule has 0 aliphatic carbocycles. The van der Waals surface area contributed by atoms with Crippen molar-refractivity contribution in [2.75, 3.05) is 27.4 Å². The van der Waals surface area contributed by atoms with Crippen LogP contribution in [-0.4, -0.2) is 63.5 Å². The molecule has 1 heterocycles. The zero-order chi connectivity index (χ0) is 17.3. The van der Waals surface area contributed by atoms with E-state index in [4.69, 9.17) is 9.47 Å². The van der Waals surface area contributed by atoms with Crippen molar-refractivity contribution in [3.05, 3.63) is 42.5 Å². The number of fused-ring (bicyclic) bond motifs is 1. The summed E-state index contributed by atoms with van der Waals surface area (Å²) in [6.45, 7) is 0.373. The van der Waals surface area contributed by atoms with E-state index >= 15 is 0 Å². The monoisotopic (exact) mass is 351 g/mol. The van der Waals surface area contributed by atoms with E-state index in [9.17, 15) is 13.5 Å². The van der Waals surface area contributed by atoms with Crippen molar-refractivity contribution in [2.45, 2.75) is 23.1 Å². The van der Waals surface area contributed by atoms with Crippen LogP contribution in [0.25, 0.3) is 10.8 Å². The highest BCUT2D eigenvalue weighted by Crippen LogP contribution is 2.28. The SMILES string of the molecule is CO[C@@H]1COC[C@@H](N(C)S(=O)(=O)c2cccc3ccccc23)[C@@H]1O. The second kappa shape index (κ2) is 6.78. The Labute approximate surface area is 141 Å². The minimum atomic E-state index is -3.79. The number of sulfonamides is 1. The van der Waals surface area contributed by atoms with Crippen molar-refractivity contribution in [2.24, 2.45) is 0 Å². The molecular formula is C17H21NO5S. The van der Waals surface area contributed by atoms with Crippen LogP contribution in [0.5, 0.6) is 0 Å². The van der Waals surface area contributed by atoms with Gasteiger partial charge in [-0.2, -0.15) is 4.31 Å². The third kappa shape index (κ3) is 2.94. The maximum Gasteiger partial charge on any atom is 0.243 e. The summed E-state index contributed by atoms with van der Waals surface area (Å²) < 4.78 is 38.0. The Balaban J connectivity index is 2.00. The van der Waals surface area contributed by atoms with Gasteiger partial charge in [0.2, 0.25) is 10.0 Å². The van der Waals surface area contributed by atoms with E-state index in [2.05, 4.69) is 0 Å². The largest absolute Gasteiger partial charge is 0.389 e. The standard InChI is InChI=1S/C17H21NO5S/c1-18(14-10-23-11-15(22-2)17(14)19)24(20,21)16-9-5-7-12-6-3-4-8-13(12)16/h3-9,14-15,17,19H,10-11H2,1-2H3/t14-,15-,17+/m1/s1. The van der Waals surface area contributed by atoms with E-state index in [0.717, 1.165) is 5.39 Å². The van der Waals surface area contributed by atoms with E-state index in [-0.39, 0.29) is 18.1 Å². The van der Waals surface area contributed by atoms with Gasteiger partial charge in [0, 0.05) is 19.5 Å². The molecule has 0 radical (unpaired) electrons. The molecule has 0 amide bonds. The first-order valence-corrected chi connectivity index (χ1v) is 9.15. The lowest BCUT2D eigenvalue weighted by Gasteiger charge is -2.38. The maximum atomic E-state index is 13.1. The Morgan fingerprint density at radius 2 is 1.88 bits per heavy atom. The molecule has 1 N–H and O–H groups in total. The zero-order valence-corrected chi connectivity index (χ0v) is 14.4. The summed E-state index contributed by atoms with van der Waals surface area (Å²) >= 11 is 0. The maximum absolute atomic E-state index is 13.1. The average molecular weight is 351 g/mol. The number of rotatable bonds is 4. The highest BCUT2D eigenvalue weighted by molar-refractivity contribution is 7.89. The molecule has 2 aromatic rings. The van der Waals surface area contributed by atoms with Crippen LogP contribution in [0, 0.1) is 0 Å². The number of benzene rings is 2. The van der Waals surface area contributed by atoms with E-state index < -0.39 is 28.3 Å². The molecule has 3 atom stereocenters. The average Bonchev–Trinajstić information content (AvgIpc) is 2.60. The predicted octanol–water partition coefficient (Wildman–Crippen LogP) is 1.23. The Bertz CT molecular complexity index is 817. The first-order chi connectivity index (χ1) is 11.5. The number of likely N-dealkylation sites (N-methyl/N-ethyl adjacent to an activating group) is 1. The highest BCUT2D eigenvalue weighted by atomic mass is 32.2. The van der Waals surface area contributed by atoms with Gasteiger partial charge in [-0.1, -0.05) is 36.4 Å². The summed E-state index contributed by atoms with van der Waals surface area (Å²) in [6.07, 6.45) is -1.49. The zero-order valence-electron chi connectivity index (χ0n) is 13.6. The normalized spacial score (nSPS) is 25.2. The molecule has 0 bridgehead atoms. The van der Waals surface area contributed by atoms with Gasteiger partial charge in [-0.25, -0.2) is 8.42 Å². The van der Waals surface area contributed by atoms with Gasteiger partial charge < -0.3 is 14.6 Å². The van der Waals surface area contributed by atoms with Gasteiger partial charge in [-0.3, -0.25) is 0 Å². The number of hydrogen-bond donors (Lipinski definition) is 1. The van der Waals surface area contributed by atoms with Crippen LogP contribution in [-0.2, 0) is 19.5 Å². The fourth-order valence-electron chi connectivity index (χ4n) is 3.03. The van der Waals surface area contributed by atoms with Crippen molar-refractivity contribution < 1.29 is 23.0 Å². The molecule has 1 saturated heterocycles. The Hall–Kier alpha value is -1.51. The van der Waals surface area contributed by atoms with Crippen molar-refractivity contribution in [3.63, 3.8) is 0 Å². The molecule has 3 rings (SSSR count). The van der Waals surface area contributed by atoms with Gasteiger partial charge in [0.05, 0.1) is 24.2 Å². The minimum absolute atomic E-state index is 0.127. The molecule has 0 unspecified atom stereocenters. The molecule has 0 aromatic heterocycles. The predicted molar refractivity (Wildman–Crippen MR) is 90.3 cm³/mol. The van der Waals surface area contributed by atoms with Crippen LogP contribution in [0.3, 0.4) is 0 Å². The van der Waals surface area contributed by atoms with Gasteiger partial charge in [-0.15, -0.1) is 0 Å². The third-order valence-corrected chi connectivity index (χ3v) is 6.46. The number of hydrogen-bond acceptors (Lipinski definition) is 5. The van der Waals surface area contributed by atoms with Gasteiger partial charge in [0.15, 0.2) is 0 Å². The van der Waals surface area contributed by atoms with Crippen LogP contribution >= 0.6 is 0 Å². The van der Waals surface area contributed by atoms with Crippen LogP contribution in [0.2, 0.25) is 0 Å². The molecule has 130 valence electrons. The second-order valence-electron chi connectivity index (χ2n) is 5.87. The van der Waals surface area contributed by atoms with Crippen LogP contribution in [0.1, 0.15) is 0 Å². The first-order valence-electron chi connectivity index (χ1n) is 7.71. The van der Waals surface area contributed by atoms with E-state index in [1.807, 2.05) is 18.2 Å². The molecule has 2 aromatic carbocycles. The van der Waals surface area contributed by atoms with Gasteiger partial charge >= 0.3 is 0 Å². The van der Waals surface area contributed by atoms with Crippen molar-refractivity contribution >= 4 is 20.8 Å². The second-order valence-corrected chi connectivity index (χ2v) is 7.83. The fourth-order valence-corrected chi connectivity index (χ4v) is 4.60. The van der Waals surface area contributed by atoms with E-state index in [1.165, 1.54) is 18.5 Å². The molecule has 24 heavy (non-hydrogen) atoms. The smallest absolute Gasteiger partial charge is 0.243 e. The summed E-state index contributed by atoms with van der Waals surface area (Å²) in [6, 6.07) is 11.8. The van der Waals surface area contributed by atoms with Crippen LogP contribution in [0.4, 0.5) is 0 Å². The van der Waals surface area contributed by atoms with E-state index in [0.29, 0.717) is 5.39 Å². The molecule has 0 spiro atoms. The third-order valence-electron chi connectivity index (χ3n) is 4.52. The number of ether oxygens (including phenoxy) is 2. The summed E-state index contributed by atoms with van der Waals surface area (Å²) in [4.78, 5) is 0.217. The van der Waals surface area contributed by atoms with E-state index in [1.54, 1.807) is 24.3 Å². The Kier molecular flexibility index (Phi) is 4.89. The van der Waals surface area contributed by atoms with Crippen molar-refractivity contribution in [3.8, 4) is 0 Å².